The Morgan fingerprint density at radius 3 is 2.79 bits per heavy atom. The molecule has 1 aromatic carbocycles. The van der Waals surface area contributed by atoms with Gasteiger partial charge in [-0.25, -0.2) is 4.98 Å². The zero-order valence-electron chi connectivity index (χ0n) is 10.4. The molecule has 0 aliphatic heterocycles. The van der Waals surface area contributed by atoms with E-state index >= 15 is 0 Å². The fourth-order valence-electron chi connectivity index (χ4n) is 2.03. The van der Waals surface area contributed by atoms with Crippen molar-refractivity contribution in [2.75, 3.05) is 5.32 Å². The van der Waals surface area contributed by atoms with Gasteiger partial charge in [0.1, 0.15) is 11.0 Å². The third-order valence-corrected chi connectivity index (χ3v) is 3.19. The minimum atomic E-state index is 0.159. The van der Waals surface area contributed by atoms with Crippen LogP contribution in [0.1, 0.15) is 18.5 Å². The predicted molar refractivity (Wildman–Crippen MR) is 76.5 cm³/mol. The largest absolute Gasteiger partial charge is 0.363 e. The maximum absolute atomic E-state index is 6.02. The van der Waals surface area contributed by atoms with Gasteiger partial charge in [0, 0.05) is 18.2 Å². The maximum atomic E-state index is 6.02. The summed E-state index contributed by atoms with van der Waals surface area (Å²) in [6, 6.07) is 14.0. The molecule has 4 nitrogen and oxygen atoms in total. The van der Waals surface area contributed by atoms with Crippen LogP contribution in [0.4, 0.5) is 5.82 Å². The highest BCUT2D eigenvalue weighted by Crippen LogP contribution is 2.21. The highest BCUT2D eigenvalue weighted by atomic mass is 35.5. The Morgan fingerprint density at radius 1 is 1.21 bits per heavy atom. The van der Waals surface area contributed by atoms with Gasteiger partial charge >= 0.3 is 0 Å². The monoisotopic (exact) mass is 272 g/mol. The molecule has 96 valence electrons. The number of anilines is 1. The number of halogens is 1. The zero-order valence-corrected chi connectivity index (χ0v) is 11.2. The molecule has 0 aliphatic rings. The summed E-state index contributed by atoms with van der Waals surface area (Å²) in [6.07, 6.45) is 1.71. The average Bonchev–Trinajstić information content (AvgIpc) is 2.88. The maximum Gasteiger partial charge on any atom is 0.159 e. The molecule has 0 saturated carbocycles. The highest BCUT2D eigenvalue weighted by Gasteiger charge is 2.09. The standard InChI is InChI=1S/C14H13ClN4/c1-10(11-5-3-2-4-6-11)17-14-9-12(15)18-13-7-8-16-19(13)14/h2-10,17H,1H3/t10-/m1/s1. The van der Waals surface area contributed by atoms with Crippen molar-refractivity contribution >= 4 is 23.1 Å². The number of nitrogens with zero attached hydrogens (tertiary/aromatic N) is 3. The Labute approximate surface area is 116 Å². The quantitative estimate of drug-likeness (QED) is 0.742. The Hall–Kier alpha value is -2.07. The lowest BCUT2D eigenvalue weighted by Gasteiger charge is -2.16. The lowest BCUT2D eigenvalue weighted by molar-refractivity contribution is 0.841. The van der Waals surface area contributed by atoms with Crippen LogP contribution in [0.25, 0.3) is 5.65 Å². The van der Waals surface area contributed by atoms with E-state index in [1.165, 1.54) is 5.56 Å². The summed E-state index contributed by atoms with van der Waals surface area (Å²) < 4.78 is 1.74. The van der Waals surface area contributed by atoms with Crippen LogP contribution in [0, 0.1) is 0 Å². The van der Waals surface area contributed by atoms with Crippen LogP contribution >= 0.6 is 11.6 Å². The molecule has 5 heteroatoms. The molecular formula is C14H13ClN4. The number of aromatic nitrogens is 3. The predicted octanol–water partition coefficient (Wildman–Crippen LogP) is 3.56. The Kier molecular flexibility index (Phi) is 3.09. The molecule has 1 N–H and O–H groups in total. The highest BCUT2D eigenvalue weighted by molar-refractivity contribution is 6.29. The van der Waals surface area contributed by atoms with Crippen LogP contribution in [0.2, 0.25) is 5.15 Å². The van der Waals surface area contributed by atoms with E-state index in [0.29, 0.717) is 5.15 Å². The summed E-state index contributed by atoms with van der Waals surface area (Å²) in [5.74, 6) is 0.830. The van der Waals surface area contributed by atoms with Gasteiger partial charge in [0.15, 0.2) is 5.65 Å². The van der Waals surface area contributed by atoms with Crippen LogP contribution in [0.5, 0.6) is 0 Å². The molecule has 0 amide bonds. The molecule has 0 spiro atoms. The van der Waals surface area contributed by atoms with Crippen molar-refractivity contribution in [3.8, 4) is 0 Å². The summed E-state index contributed by atoms with van der Waals surface area (Å²) in [5.41, 5.74) is 1.94. The molecule has 3 rings (SSSR count). The second-order valence-electron chi connectivity index (χ2n) is 4.34. The topological polar surface area (TPSA) is 42.2 Å². The average molecular weight is 273 g/mol. The number of hydrogen-bond donors (Lipinski definition) is 1. The second kappa shape index (κ2) is 4.90. The summed E-state index contributed by atoms with van der Waals surface area (Å²) in [7, 11) is 0. The number of rotatable bonds is 3. The van der Waals surface area contributed by atoms with Crippen LogP contribution < -0.4 is 5.32 Å². The van der Waals surface area contributed by atoms with Gasteiger partial charge in [-0.1, -0.05) is 41.9 Å². The van der Waals surface area contributed by atoms with Crippen molar-refractivity contribution in [1.29, 1.82) is 0 Å². The van der Waals surface area contributed by atoms with E-state index in [-0.39, 0.29) is 6.04 Å². The molecule has 3 aromatic rings. The smallest absolute Gasteiger partial charge is 0.159 e. The van der Waals surface area contributed by atoms with E-state index in [2.05, 4.69) is 34.5 Å². The van der Waals surface area contributed by atoms with Gasteiger partial charge in [-0.15, -0.1) is 0 Å². The first-order valence-corrected chi connectivity index (χ1v) is 6.43. The van der Waals surface area contributed by atoms with E-state index in [9.17, 15) is 0 Å². The second-order valence-corrected chi connectivity index (χ2v) is 4.73. The first-order valence-electron chi connectivity index (χ1n) is 6.06. The molecule has 0 unspecified atom stereocenters. The number of hydrogen-bond acceptors (Lipinski definition) is 3. The normalized spacial score (nSPS) is 12.5. The Balaban J connectivity index is 1.95. The number of fused-ring (bicyclic) bond motifs is 1. The number of nitrogens with one attached hydrogen (secondary N) is 1. The van der Waals surface area contributed by atoms with Crippen LogP contribution in [0.3, 0.4) is 0 Å². The minimum Gasteiger partial charge on any atom is -0.363 e. The summed E-state index contributed by atoms with van der Waals surface area (Å²) in [5, 5.41) is 8.10. The zero-order chi connectivity index (χ0) is 13.2. The van der Waals surface area contributed by atoms with Gasteiger partial charge in [-0.2, -0.15) is 9.61 Å². The first-order chi connectivity index (χ1) is 9.24. The van der Waals surface area contributed by atoms with Crippen molar-refractivity contribution < 1.29 is 0 Å². The number of benzene rings is 1. The molecule has 0 aliphatic carbocycles. The van der Waals surface area contributed by atoms with Crippen molar-refractivity contribution in [3.05, 3.63) is 59.4 Å². The van der Waals surface area contributed by atoms with E-state index in [1.54, 1.807) is 16.8 Å². The Bertz CT molecular complexity index is 693. The third-order valence-electron chi connectivity index (χ3n) is 2.99. The molecule has 0 fully saturated rings. The van der Waals surface area contributed by atoms with Gasteiger partial charge in [-0.05, 0) is 12.5 Å². The fraction of sp³-hybridized carbons (Fsp3) is 0.143. The minimum absolute atomic E-state index is 0.159. The molecule has 2 heterocycles. The van der Waals surface area contributed by atoms with E-state index in [0.717, 1.165) is 11.5 Å². The lowest BCUT2D eigenvalue weighted by Crippen LogP contribution is -2.10. The van der Waals surface area contributed by atoms with Crippen molar-refractivity contribution in [3.63, 3.8) is 0 Å². The molecule has 0 saturated heterocycles. The fourth-order valence-corrected chi connectivity index (χ4v) is 2.22. The van der Waals surface area contributed by atoms with Gasteiger partial charge in [0.25, 0.3) is 0 Å². The third kappa shape index (κ3) is 2.39. The van der Waals surface area contributed by atoms with Gasteiger partial charge in [0.2, 0.25) is 0 Å². The lowest BCUT2D eigenvalue weighted by atomic mass is 10.1. The van der Waals surface area contributed by atoms with Crippen molar-refractivity contribution in [2.24, 2.45) is 0 Å². The van der Waals surface area contributed by atoms with E-state index in [4.69, 9.17) is 11.6 Å². The van der Waals surface area contributed by atoms with Crippen molar-refractivity contribution in [2.45, 2.75) is 13.0 Å². The Morgan fingerprint density at radius 2 is 2.00 bits per heavy atom. The van der Waals surface area contributed by atoms with E-state index in [1.807, 2.05) is 24.3 Å². The summed E-state index contributed by atoms with van der Waals surface area (Å²) in [6.45, 7) is 2.10. The van der Waals surface area contributed by atoms with Crippen LogP contribution in [-0.2, 0) is 0 Å². The summed E-state index contributed by atoms with van der Waals surface area (Å²) >= 11 is 6.02. The SMILES string of the molecule is C[C@@H](Nc1cc(Cl)nc2ccnn12)c1ccccc1. The molecule has 1 atom stereocenters. The summed E-state index contributed by atoms with van der Waals surface area (Å²) in [4.78, 5) is 4.20. The van der Waals surface area contributed by atoms with Gasteiger partial charge < -0.3 is 5.32 Å². The van der Waals surface area contributed by atoms with Gasteiger partial charge in [0.05, 0.1) is 6.20 Å². The van der Waals surface area contributed by atoms with Crippen LogP contribution in [0.15, 0.2) is 48.7 Å². The molecule has 2 aromatic heterocycles. The van der Waals surface area contributed by atoms with E-state index < -0.39 is 0 Å². The van der Waals surface area contributed by atoms with Gasteiger partial charge in [-0.3, -0.25) is 0 Å². The molecule has 19 heavy (non-hydrogen) atoms. The molecular weight excluding hydrogens is 260 g/mol. The molecule has 0 bridgehead atoms. The molecule has 0 radical (unpaired) electrons. The van der Waals surface area contributed by atoms with Crippen LogP contribution in [-0.4, -0.2) is 14.6 Å². The van der Waals surface area contributed by atoms with Crippen molar-refractivity contribution in [1.82, 2.24) is 14.6 Å². The first kappa shape index (κ1) is 12.0.